The van der Waals surface area contributed by atoms with Crippen molar-refractivity contribution >= 4 is 31.6 Å². The molecular weight excluding hydrogens is 328 g/mol. The lowest BCUT2D eigenvalue weighted by atomic mass is 10.3. The monoisotopic (exact) mass is 331 g/mol. The van der Waals surface area contributed by atoms with Gasteiger partial charge in [0, 0.05) is 0 Å². The van der Waals surface area contributed by atoms with Crippen molar-refractivity contribution in [3.05, 3.63) is 26.5 Å². The van der Waals surface area contributed by atoms with Gasteiger partial charge >= 0.3 is 5.69 Å². The first-order valence-corrected chi connectivity index (χ1v) is 6.14. The van der Waals surface area contributed by atoms with Gasteiger partial charge in [-0.2, -0.15) is 0 Å². The van der Waals surface area contributed by atoms with Crippen LogP contribution in [0.2, 0.25) is 0 Å². The second-order valence-corrected chi connectivity index (χ2v) is 5.07. The lowest BCUT2D eigenvalue weighted by Gasteiger charge is -2.07. The lowest BCUT2D eigenvalue weighted by Crippen LogP contribution is -2.16. The molecule has 0 atom stereocenters. The van der Waals surface area contributed by atoms with Crippen molar-refractivity contribution in [2.75, 3.05) is 0 Å². The minimum Gasteiger partial charge on any atom is -0.258 e. The second-order valence-electron chi connectivity index (χ2n) is 2.77. The van der Waals surface area contributed by atoms with Gasteiger partial charge in [-0.3, -0.25) is 10.1 Å². The molecule has 1 aromatic heterocycles. The summed E-state index contributed by atoms with van der Waals surface area (Å²) in [6, 6.07) is 0. The van der Waals surface area contributed by atoms with Crippen molar-refractivity contribution in [1.82, 2.24) is 4.98 Å². The minimum atomic E-state index is -4.53. The maximum absolute atomic E-state index is 12.4. The van der Waals surface area contributed by atoms with Crippen LogP contribution in [0.15, 0.2) is 15.6 Å². The molecule has 2 N–H and O–H groups in total. The molecule has 94 valence electrons. The van der Waals surface area contributed by atoms with Gasteiger partial charge in [-0.15, -0.1) is 0 Å². The third-order valence-corrected chi connectivity index (χ3v) is 3.72. The summed E-state index contributed by atoms with van der Waals surface area (Å²) in [6.45, 7) is 0. The molecule has 0 bridgehead atoms. The van der Waals surface area contributed by atoms with Gasteiger partial charge in [0.2, 0.25) is 10.0 Å². The van der Waals surface area contributed by atoms with E-state index < -0.39 is 42.1 Å². The van der Waals surface area contributed by atoms with Crippen LogP contribution in [0.3, 0.4) is 0 Å². The van der Waals surface area contributed by atoms with Crippen molar-refractivity contribution in [3.8, 4) is 0 Å². The molecule has 0 saturated heterocycles. The molecule has 1 aromatic rings. The number of sulfonamides is 1. The van der Waals surface area contributed by atoms with Gasteiger partial charge in [0.1, 0.15) is 11.9 Å². The summed E-state index contributed by atoms with van der Waals surface area (Å²) >= 11 is 2.53. The van der Waals surface area contributed by atoms with E-state index in [9.17, 15) is 27.3 Å². The molecule has 0 aliphatic rings. The molecule has 11 heteroatoms. The molecule has 0 aliphatic heterocycles. The van der Waals surface area contributed by atoms with Gasteiger partial charge in [-0.1, -0.05) is 0 Å². The van der Waals surface area contributed by atoms with E-state index in [-0.39, 0.29) is 0 Å². The van der Waals surface area contributed by atoms with Crippen molar-refractivity contribution < 1.29 is 22.1 Å². The first-order valence-electron chi connectivity index (χ1n) is 3.80. The fraction of sp³-hybridized carbons (Fsp3) is 0.167. The van der Waals surface area contributed by atoms with Crippen LogP contribution in [-0.4, -0.2) is 18.3 Å². The molecule has 0 fully saturated rings. The predicted octanol–water partition coefficient (Wildman–Crippen LogP) is 1.34. The molecule has 0 unspecified atom stereocenters. The number of nitrogens with zero attached hydrogens (tertiary/aromatic N) is 2. The van der Waals surface area contributed by atoms with Crippen molar-refractivity contribution in [1.29, 1.82) is 0 Å². The molecule has 17 heavy (non-hydrogen) atoms. The van der Waals surface area contributed by atoms with Crippen LogP contribution < -0.4 is 5.14 Å². The van der Waals surface area contributed by atoms with Crippen LogP contribution in [0.5, 0.6) is 0 Å². The summed E-state index contributed by atoms with van der Waals surface area (Å²) in [5, 5.41) is 15.3. The zero-order valence-electron chi connectivity index (χ0n) is 7.80. The molecule has 0 radical (unpaired) electrons. The van der Waals surface area contributed by atoms with Crippen LogP contribution in [0, 0.1) is 10.1 Å². The summed E-state index contributed by atoms with van der Waals surface area (Å²) in [7, 11) is -4.53. The Morgan fingerprint density at radius 1 is 1.53 bits per heavy atom. The van der Waals surface area contributed by atoms with Crippen LogP contribution in [-0.2, 0) is 10.0 Å². The topological polar surface area (TPSA) is 116 Å². The Morgan fingerprint density at radius 3 is 2.41 bits per heavy atom. The highest BCUT2D eigenvalue weighted by molar-refractivity contribution is 9.10. The predicted molar refractivity (Wildman–Crippen MR) is 54.9 cm³/mol. The Balaban J connectivity index is 3.72. The first kappa shape index (κ1) is 13.9. The highest BCUT2D eigenvalue weighted by atomic mass is 79.9. The van der Waals surface area contributed by atoms with E-state index >= 15 is 0 Å². The standard InChI is InChI=1S/C6H4BrF2N3O4S/c7-3-4(6(8)9)11-1-2(12(13)14)5(3)17(10,15)16/h1,6H,(H2,10,15,16). The highest BCUT2D eigenvalue weighted by Crippen LogP contribution is 2.35. The number of alkyl halides is 2. The lowest BCUT2D eigenvalue weighted by molar-refractivity contribution is -0.388. The van der Waals surface area contributed by atoms with Crippen molar-refractivity contribution in [2.45, 2.75) is 11.3 Å². The number of aromatic nitrogens is 1. The second kappa shape index (κ2) is 4.58. The molecular formula is C6H4BrF2N3O4S. The number of hydrogen-bond donors (Lipinski definition) is 1. The Bertz CT molecular complexity index is 577. The first-order chi connectivity index (χ1) is 7.66. The van der Waals surface area contributed by atoms with Gasteiger partial charge in [0.25, 0.3) is 6.43 Å². The summed E-state index contributed by atoms with van der Waals surface area (Å²) in [5.74, 6) is 0. The number of primary sulfonamides is 1. The van der Waals surface area contributed by atoms with E-state index in [1.54, 1.807) is 0 Å². The van der Waals surface area contributed by atoms with E-state index in [4.69, 9.17) is 5.14 Å². The van der Waals surface area contributed by atoms with E-state index in [1.165, 1.54) is 0 Å². The average molecular weight is 332 g/mol. The fourth-order valence-electron chi connectivity index (χ4n) is 1.03. The van der Waals surface area contributed by atoms with Crippen LogP contribution >= 0.6 is 15.9 Å². The average Bonchev–Trinajstić information content (AvgIpc) is 2.14. The van der Waals surface area contributed by atoms with Gasteiger partial charge in [-0.25, -0.2) is 27.3 Å². The summed E-state index contributed by atoms with van der Waals surface area (Å²) in [6.07, 6.45) is -2.67. The molecule has 0 aromatic carbocycles. The Hall–Kier alpha value is -1.20. The number of hydrogen-bond acceptors (Lipinski definition) is 5. The SMILES string of the molecule is NS(=O)(=O)c1c([N+](=O)[O-])cnc(C(F)F)c1Br. The van der Waals surface area contributed by atoms with E-state index in [1.807, 2.05) is 0 Å². The Labute approximate surface area is 102 Å². The third kappa shape index (κ3) is 2.73. The van der Waals surface area contributed by atoms with Gasteiger partial charge in [0.15, 0.2) is 4.90 Å². The maximum atomic E-state index is 12.4. The maximum Gasteiger partial charge on any atom is 0.308 e. The number of rotatable bonds is 3. The largest absolute Gasteiger partial charge is 0.308 e. The van der Waals surface area contributed by atoms with E-state index in [0.29, 0.717) is 6.20 Å². The molecule has 1 rings (SSSR count). The molecule has 0 amide bonds. The number of nitro groups is 1. The number of pyridine rings is 1. The van der Waals surface area contributed by atoms with Crippen LogP contribution in [0.4, 0.5) is 14.5 Å². The molecule has 1 heterocycles. The summed E-state index contributed by atoms with van der Waals surface area (Å²) in [5.41, 5.74) is -1.90. The van der Waals surface area contributed by atoms with Gasteiger partial charge < -0.3 is 0 Å². The highest BCUT2D eigenvalue weighted by Gasteiger charge is 2.31. The minimum absolute atomic E-state index is 0.423. The van der Waals surface area contributed by atoms with Gasteiger partial charge in [-0.05, 0) is 15.9 Å². The molecule has 7 nitrogen and oxygen atoms in total. The Kier molecular flexibility index (Phi) is 3.74. The Morgan fingerprint density at radius 2 is 2.06 bits per heavy atom. The molecule has 0 spiro atoms. The van der Waals surface area contributed by atoms with Crippen LogP contribution in [0.1, 0.15) is 12.1 Å². The number of halogens is 3. The van der Waals surface area contributed by atoms with E-state index in [0.717, 1.165) is 0 Å². The van der Waals surface area contributed by atoms with E-state index in [2.05, 4.69) is 20.9 Å². The number of nitrogens with two attached hydrogens (primary N) is 1. The van der Waals surface area contributed by atoms with Gasteiger partial charge in [0.05, 0.1) is 9.40 Å². The van der Waals surface area contributed by atoms with Crippen molar-refractivity contribution in [3.63, 3.8) is 0 Å². The normalized spacial score (nSPS) is 11.8. The molecule has 0 saturated carbocycles. The summed E-state index contributed by atoms with van der Waals surface area (Å²) in [4.78, 5) is 11.6. The quantitative estimate of drug-likeness (QED) is 0.662. The third-order valence-electron chi connectivity index (χ3n) is 1.67. The zero-order chi connectivity index (χ0) is 13.4. The van der Waals surface area contributed by atoms with Crippen molar-refractivity contribution in [2.24, 2.45) is 5.14 Å². The smallest absolute Gasteiger partial charge is 0.258 e. The fourth-order valence-corrected chi connectivity index (χ4v) is 2.96. The molecule has 0 aliphatic carbocycles. The zero-order valence-corrected chi connectivity index (χ0v) is 10.2. The summed E-state index contributed by atoms with van der Waals surface area (Å²) < 4.78 is 46.4. The van der Waals surface area contributed by atoms with Crippen LogP contribution in [0.25, 0.3) is 0 Å².